The average Bonchev–Trinajstić information content (AvgIpc) is 3.11. The van der Waals surface area contributed by atoms with E-state index in [-0.39, 0.29) is 6.04 Å². The van der Waals surface area contributed by atoms with E-state index in [0.717, 1.165) is 6.54 Å². The van der Waals surface area contributed by atoms with E-state index in [0.29, 0.717) is 12.2 Å². The summed E-state index contributed by atoms with van der Waals surface area (Å²) in [6, 6.07) is 6.55. The van der Waals surface area contributed by atoms with Gasteiger partial charge in [-0.15, -0.1) is 11.3 Å². The lowest BCUT2D eigenvalue weighted by Crippen LogP contribution is -2.22. The van der Waals surface area contributed by atoms with Crippen molar-refractivity contribution in [3.05, 3.63) is 41.9 Å². The maximum atomic E-state index is 9.55. The van der Waals surface area contributed by atoms with Crippen molar-refractivity contribution in [1.82, 2.24) is 9.78 Å². The van der Waals surface area contributed by atoms with Gasteiger partial charge < -0.3 is 15.9 Å². The van der Waals surface area contributed by atoms with Crippen molar-refractivity contribution in [1.29, 1.82) is 0 Å². The molecule has 1 aromatic carbocycles. The van der Waals surface area contributed by atoms with Gasteiger partial charge in [0.1, 0.15) is 0 Å². The highest BCUT2D eigenvalue weighted by Gasteiger charge is 2.08. The molecule has 0 bridgehead atoms. The number of benzene rings is 1. The molecule has 0 aliphatic heterocycles. The van der Waals surface area contributed by atoms with Crippen molar-refractivity contribution in [3.63, 3.8) is 0 Å². The van der Waals surface area contributed by atoms with Crippen LogP contribution in [-0.2, 0) is 16.1 Å². The lowest BCUT2D eigenvalue weighted by molar-refractivity contribution is -0.134. The van der Waals surface area contributed by atoms with E-state index < -0.39 is 11.9 Å². The van der Waals surface area contributed by atoms with Crippen LogP contribution in [-0.4, -0.2) is 38.0 Å². The number of carbonyl (C=O) groups is 2. The molecule has 0 fully saturated rings. The lowest BCUT2D eigenvalue weighted by Gasteiger charge is -2.07. The Bertz CT molecular complexity index is 879. The summed E-state index contributed by atoms with van der Waals surface area (Å²) in [4.78, 5) is 19.1. The Hall–Kier alpha value is -2.71. The van der Waals surface area contributed by atoms with Gasteiger partial charge in [-0.2, -0.15) is 5.10 Å². The number of hydrogen-bond acceptors (Lipinski definition) is 5. The van der Waals surface area contributed by atoms with E-state index in [4.69, 9.17) is 15.9 Å². The fourth-order valence-corrected chi connectivity index (χ4v) is 2.97. The minimum absolute atomic E-state index is 0.122. The van der Waals surface area contributed by atoms with Crippen molar-refractivity contribution < 1.29 is 19.8 Å². The Balaban J connectivity index is 0.000000224. The van der Waals surface area contributed by atoms with E-state index in [2.05, 4.69) is 28.7 Å². The molecule has 0 saturated heterocycles. The van der Waals surface area contributed by atoms with Crippen LogP contribution in [0.5, 0.6) is 0 Å². The highest BCUT2D eigenvalue weighted by molar-refractivity contribution is 7.17. The number of nitrogens with zero attached hydrogens (tertiary/aromatic N) is 2. The van der Waals surface area contributed by atoms with Crippen LogP contribution in [0.25, 0.3) is 21.0 Å². The van der Waals surface area contributed by atoms with Crippen LogP contribution in [0.4, 0.5) is 0 Å². The zero-order valence-electron chi connectivity index (χ0n) is 12.9. The van der Waals surface area contributed by atoms with Crippen molar-refractivity contribution in [2.75, 3.05) is 0 Å². The predicted molar refractivity (Wildman–Crippen MR) is 93.2 cm³/mol. The molecule has 126 valence electrons. The highest BCUT2D eigenvalue weighted by Crippen LogP contribution is 2.28. The van der Waals surface area contributed by atoms with Crippen LogP contribution in [0.1, 0.15) is 6.92 Å². The van der Waals surface area contributed by atoms with E-state index >= 15 is 0 Å². The first-order valence-electron chi connectivity index (χ1n) is 7.09. The minimum Gasteiger partial charge on any atom is -0.478 e. The van der Waals surface area contributed by atoms with E-state index in [1.54, 1.807) is 11.3 Å². The first-order valence-corrected chi connectivity index (χ1v) is 7.97. The van der Waals surface area contributed by atoms with Gasteiger partial charge in [0, 0.05) is 33.7 Å². The first kappa shape index (κ1) is 17.6. The standard InChI is InChI=1S/C12H13N3S.C4H4O4/c1-8(13)7-15-12-9(6-14-15)2-3-11-10(12)4-5-16-11;5-3(6)1-2-4(7)8/h2-6,8H,7,13H2,1H3;1-2H,(H,5,6)(H,7,8)/t8-;/m0./s1. The Morgan fingerprint density at radius 3 is 2.54 bits per heavy atom. The summed E-state index contributed by atoms with van der Waals surface area (Å²) in [5.41, 5.74) is 7.04. The second-order valence-corrected chi connectivity index (χ2v) is 6.10. The number of fused-ring (bicyclic) bond motifs is 3. The fourth-order valence-electron chi connectivity index (χ4n) is 2.18. The molecule has 3 aromatic rings. The second-order valence-electron chi connectivity index (χ2n) is 5.15. The molecule has 0 aliphatic rings. The molecule has 0 radical (unpaired) electrons. The topological polar surface area (TPSA) is 118 Å². The van der Waals surface area contributed by atoms with Gasteiger partial charge in [0.2, 0.25) is 0 Å². The molecule has 3 rings (SSSR count). The van der Waals surface area contributed by atoms with Gasteiger partial charge in [-0.3, -0.25) is 4.68 Å². The molecular formula is C16H17N3O4S. The molecule has 2 aromatic heterocycles. The zero-order chi connectivity index (χ0) is 17.7. The minimum atomic E-state index is -1.26. The van der Waals surface area contributed by atoms with Crippen molar-refractivity contribution in [3.8, 4) is 0 Å². The Labute approximate surface area is 141 Å². The monoisotopic (exact) mass is 347 g/mol. The number of rotatable bonds is 4. The van der Waals surface area contributed by atoms with Crippen LogP contribution in [0.15, 0.2) is 41.9 Å². The number of carboxylic acid groups (broad SMARTS) is 2. The van der Waals surface area contributed by atoms with Gasteiger partial charge in [0.15, 0.2) is 0 Å². The number of carboxylic acids is 2. The first-order chi connectivity index (χ1) is 11.4. The number of aromatic nitrogens is 2. The smallest absolute Gasteiger partial charge is 0.328 e. The molecule has 0 unspecified atom stereocenters. The zero-order valence-corrected chi connectivity index (χ0v) is 13.7. The second kappa shape index (κ2) is 7.71. The van der Waals surface area contributed by atoms with Gasteiger partial charge >= 0.3 is 11.9 Å². The summed E-state index contributed by atoms with van der Waals surface area (Å²) in [7, 11) is 0. The fraction of sp³-hybridized carbons (Fsp3) is 0.188. The van der Waals surface area contributed by atoms with E-state index in [1.807, 2.05) is 17.8 Å². The summed E-state index contributed by atoms with van der Waals surface area (Å²) in [6.07, 6.45) is 3.03. The molecule has 0 spiro atoms. The highest BCUT2D eigenvalue weighted by atomic mass is 32.1. The van der Waals surface area contributed by atoms with Crippen LogP contribution in [0, 0.1) is 0 Å². The number of hydrogen-bond donors (Lipinski definition) is 3. The number of aliphatic carboxylic acids is 2. The van der Waals surface area contributed by atoms with Crippen LogP contribution >= 0.6 is 11.3 Å². The largest absolute Gasteiger partial charge is 0.478 e. The Morgan fingerprint density at radius 1 is 1.29 bits per heavy atom. The molecule has 4 N–H and O–H groups in total. The number of thiophene rings is 1. The molecule has 0 saturated carbocycles. The van der Waals surface area contributed by atoms with Crippen molar-refractivity contribution >= 4 is 44.3 Å². The summed E-state index contributed by atoms with van der Waals surface area (Å²) < 4.78 is 3.31. The maximum Gasteiger partial charge on any atom is 0.328 e. The maximum absolute atomic E-state index is 9.55. The van der Waals surface area contributed by atoms with Crippen molar-refractivity contribution in [2.24, 2.45) is 5.73 Å². The SMILES string of the molecule is C[C@H](N)Cn1ncc2ccc3sccc3c21.O=C(O)C=CC(=O)O. The van der Waals surface area contributed by atoms with Gasteiger partial charge in [-0.05, 0) is 30.5 Å². The molecule has 2 heterocycles. The van der Waals surface area contributed by atoms with Crippen LogP contribution in [0.3, 0.4) is 0 Å². The molecule has 24 heavy (non-hydrogen) atoms. The molecule has 1 atom stereocenters. The average molecular weight is 347 g/mol. The molecule has 8 heteroatoms. The third-order valence-electron chi connectivity index (χ3n) is 3.06. The summed E-state index contributed by atoms with van der Waals surface area (Å²) in [5, 5.41) is 24.6. The quantitative estimate of drug-likeness (QED) is 0.623. The van der Waals surface area contributed by atoms with Gasteiger partial charge in [-0.25, -0.2) is 9.59 Å². The van der Waals surface area contributed by atoms with Crippen LogP contribution in [0.2, 0.25) is 0 Å². The van der Waals surface area contributed by atoms with Crippen LogP contribution < -0.4 is 5.73 Å². The van der Waals surface area contributed by atoms with Gasteiger partial charge in [0.25, 0.3) is 0 Å². The van der Waals surface area contributed by atoms with Gasteiger partial charge in [0.05, 0.1) is 18.3 Å². The third-order valence-corrected chi connectivity index (χ3v) is 3.94. The summed E-state index contributed by atoms with van der Waals surface area (Å²) >= 11 is 1.76. The summed E-state index contributed by atoms with van der Waals surface area (Å²) in [5.74, 6) is -2.51. The van der Waals surface area contributed by atoms with E-state index in [9.17, 15) is 9.59 Å². The predicted octanol–water partition coefficient (Wildman–Crippen LogP) is 2.31. The number of nitrogens with two attached hydrogens (primary N) is 1. The molecule has 0 aliphatic carbocycles. The normalized spacial score (nSPS) is 12.2. The third kappa shape index (κ3) is 4.40. The van der Waals surface area contributed by atoms with E-state index in [1.165, 1.54) is 21.0 Å². The van der Waals surface area contributed by atoms with Gasteiger partial charge in [-0.1, -0.05) is 0 Å². The summed E-state index contributed by atoms with van der Waals surface area (Å²) in [6.45, 7) is 2.76. The molecule has 0 amide bonds. The van der Waals surface area contributed by atoms with Crippen molar-refractivity contribution in [2.45, 2.75) is 19.5 Å². The lowest BCUT2D eigenvalue weighted by atomic mass is 10.2. The molecule has 7 nitrogen and oxygen atoms in total. The molecular weight excluding hydrogens is 330 g/mol. The Morgan fingerprint density at radius 2 is 1.96 bits per heavy atom. The Kier molecular flexibility index (Phi) is 5.67.